The van der Waals surface area contributed by atoms with Crippen LogP contribution in [-0.4, -0.2) is 33.8 Å². The Morgan fingerprint density at radius 2 is 1.72 bits per heavy atom. The zero-order valence-corrected chi connectivity index (χ0v) is 19.3. The molecule has 0 aliphatic rings. The van der Waals surface area contributed by atoms with E-state index in [1.807, 2.05) is 80.2 Å². The molecule has 0 aliphatic carbocycles. The SMILES string of the molecule is CCN(CC)c1ccc(NC(=O)c2cc(-c3c(C)nn(C)c3C)nc3ccccc23)cc1. The summed E-state index contributed by atoms with van der Waals surface area (Å²) in [6, 6.07) is 17.6. The van der Waals surface area contributed by atoms with Crippen LogP contribution >= 0.6 is 0 Å². The molecule has 0 saturated heterocycles. The van der Waals surface area contributed by atoms with Crippen LogP contribution in [0.3, 0.4) is 0 Å². The number of carbonyl (C=O) groups excluding carboxylic acids is 1. The van der Waals surface area contributed by atoms with Crippen LogP contribution in [0.4, 0.5) is 11.4 Å². The zero-order valence-electron chi connectivity index (χ0n) is 19.3. The summed E-state index contributed by atoms with van der Waals surface area (Å²) in [5.74, 6) is -0.153. The number of para-hydroxylation sites is 1. The fourth-order valence-corrected chi connectivity index (χ4v) is 4.18. The first-order valence-electron chi connectivity index (χ1n) is 11.0. The summed E-state index contributed by atoms with van der Waals surface area (Å²) in [6.45, 7) is 10.1. The van der Waals surface area contributed by atoms with E-state index in [0.717, 1.165) is 58.0 Å². The van der Waals surface area contributed by atoms with Crippen LogP contribution in [0.1, 0.15) is 35.6 Å². The predicted octanol–water partition coefficient (Wildman–Crippen LogP) is 5.35. The van der Waals surface area contributed by atoms with Gasteiger partial charge in [0.25, 0.3) is 5.91 Å². The van der Waals surface area contributed by atoms with Gasteiger partial charge in [-0.15, -0.1) is 0 Å². The topological polar surface area (TPSA) is 63.1 Å². The van der Waals surface area contributed by atoms with Crippen LogP contribution in [0.25, 0.3) is 22.2 Å². The molecule has 0 radical (unpaired) electrons. The van der Waals surface area contributed by atoms with Crippen molar-refractivity contribution in [1.29, 1.82) is 0 Å². The van der Waals surface area contributed by atoms with Gasteiger partial charge < -0.3 is 10.2 Å². The minimum absolute atomic E-state index is 0.153. The van der Waals surface area contributed by atoms with Crippen molar-refractivity contribution in [1.82, 2.24) is 14.8 Å². The van der Waals surface area contributed by atoms with E-state index in [1.165, 1.54) is 0 Å². The summed E-state index contributed by atoms with van der Waals surface area (Å²) in [7, 11) is 1.92. The van der Waals surface area contributed by atoms with Gasteiger partial charge in [-0.3, -0.25) is 9.48 Å². The Kier molecular flexibility index (Phi) is 5.95. The molecule has 0 atom stereocenters. The van der Waals surface area contributed by atoms with Crippen LogP contribution in [0.5, 0.6) is 0 Å². The van der Waals surface area contributed by atoms with Crippen LogP contribution in [0, 0.1) is 13.8 Å². The maximum absolute atomic E-state index is 13.3. The Hall–Kier alpha value is -3.67. The maximum Gasteiger partial charge on any atom is 0.256 e. The molecule has 2 aromatic carbocycles. The minimum Gasteiger partial charge on any atom is -0.372 e. The third kappa shape index (κ3) is 3.96. The zero-order chi connectivity index (χ0) is 22.8. The second-order valence-electron chi connectivity index (χ2n) is 7.91. The van der Waals surface area contributed by atoms with Gasteiger partial charge in [-0.2, -0.15) is 5.10 Å². The highest BCUT2D eigenvalue weighted by atomic mass is 16.1. The molecule has 1 amide bonds. The fourth-order valence-electron chi connectivity index (χ4n) is 4.18. The van der Waals surface area contributed by atoms with Gasteiger partial charge in [0, 0.05) is 48.2 Å². The molecule has 32 heavy (non-hydrogen) atoms. The van der Waals surface area contributed by atoms with E-state index in [1.54, 1.807) is 0 Å². The van der Waals surface area contributed by atoms with Crippen molar-refractivity contribution < 1.29 is 4.79 Å². The average Bonchev–Trinajstić information content (AvgIpc) is 3.06. The first-order chi connectivity index (χ1) is 15.4. The van der Waals surface area contributed by atoms with E-state index in [9.17, 15) is 4.79 Å². The minimum atomic E-state index is -0.153. The van der Waals surface area contributed by atoms with Crippen molar-refractivity contribution in [2.24, 2.45) is 7.05 Å². The third-order valence-electron chi connectivity index (χ3n) is 5.98. The van der Waals surface area contributed by atoms with E-state index in [2.05, 4.69) is 29.2 Å². The first kappa shape index (κ1) is 21.6. The van der Waals surface area contributed by atoms with E-state index < -0.39 is 0 Å². The molecule has 4 aromatic rings. The van der Waals surface area contributed by atoms with E-state index in [-0.39, 0.29) is 5.91 Å². The van der Waals surface area contributed by atoms with Gasteiger partial charge in [0.1, 0.15) is 0 Å². The lowest BCUT2D eigenvalue weighted by Crippen LogP contribution is -2.21. The number of nitrogens with zero attached hydrogens (tertiary/aromatic N) is 4. The number of aromatic nitrogens is 3. The number of aryl methyl sites for hydroxylation is 2. The highest BCUT2D eigenvalue weighted by molar-refractivity contribution is 6.13. The lowest BCUT2D eigenvalue weighted by atomic mass is 10.0. The lowest BCUT2D eigenvalue weighted by molar-refractivity contribution is 0.102. The third-order valence-corrected chi connectivity index (χ3v) is 5.98. The summed E-state index contributed by atoms with van der Waals surface area (Å²) in [5, 5.41) is 8.40. The molecular formula is C26H29N5O. The van der Waals surface area contributed by atoms with Gasteiger partial charge in [-0.05, 0) is 64.1 Å². The Labute approximate surface area is 188 Å². The normalized spacial score (nSPS) is 11.0. The van der Waals surface area contributed by atoms with Crippen LogP contribution in [-0.2, 0) is 7.05 Å². The van der Waals surface area contributed by atoms with Crippen LogP contribution in [0.2, 0.25) is 0 Å². The molecule has 2 heterocycles. The van der Waals surface area contributed by atoms with Gasteiger partial charge in [-0.1, -0.05) is 18.2 Å². The smallest absolute Gasteiger partial charge is 0.256 e. The van der Waals surface area contributed by atoms with Crippen molar-refractivity contribution in [3.63, 3.8) is 0 Å². The maximum atomic E-state index is 13.3. The average molecular weight is 428 g/mol. The van der Waals surface area contributed by atoms with Crippen molar-refractivity contribution in [2.45, 2.75) is 27.7 Å². The fraction of sp³-hybridized carbons (Fsp3) is 0.269. The first-order valence-corrected chi connectivity index (χ1v) is 11.0. The highest BCUT2D eigenvalue weighted by Gasteiger charge is 2.18. The number of hydrogen-bond donors (Lipinski definition) is 1. The Bertz CT molecular complexity index is 1270. The van der Waals surface area contributed by atoms with Gasteiger partial charge in [0.05, 0.1) is 22.5 Å². The number of fused-ring (bicyclic) bond motifs is 1. The molecule has 2 aromatic heterocycles. The number of rotatable bonds is 6. The molecule has 6 heteroatoms. The number of pyridine rings is 1. The molecule has 0 fully saturated rings. The summed E-state index contributed by atoms with van der Waals surface area (Å²) < 4.78 is 1.85. The molecule has 0 saturated carbocycles. The van der Waals surface area contributed by atoms with Crippen LogP contribution < -0.4 is 10.2 Å². The monoisotopic (exact) mass is 427 g/mol. The molecule has 0 bridgehead atoms. The van der Waals surface area contributed by atoms with Gasteiger partial charge in [0.2, 0.25) is 0 Å². The van der Waals surface area contributed by atoms with Gasteiger partial charge >= 0.3 is 0 Å². The molecule has 0 aliphatic heterocycles. The van der Waals surface area contributed by atoms with Crippen molar-refractivity contribution in [3.8, 4) is 11.3 Å². The summed E-state index contributed by atoms with van der Waals surface area (Å²) in [6.07, 6.45) is 0. The highest BCUT2D eigenvalue weighted by Crippen LogP contribution is 2.30. The standard InChI is InChI=1S/C26H29N5O/c1-6-31(7-2)20-14-12-19(13-15-20)27-26(32)22-16-24(25-17(3)29-30(5)18(25)4)28-23-11-9-8-10-21(22)23/h8-16H,6-7H2,1-5H3,(H,27,32). The van der Waals surface area contributed by atoms with Crippen molar-refractivity contribution in [2.75, 3.05) is 23.3 Å². The number of carbonyl (C=O) groups is 1. The Balaban J connectivity index is 1.72. The lowest BCUT2D eigenvalue weighted by Gasteiger charge is -2.21. The van der Waals surface area contributed by atoms with Crippen molar-refractivity contribution in [3.05, 3.63) is 71.5 Å². The van der Waals surface area contributed by atoms with Crippen LogP contribution in [0.15, 0.2) is 54.6 Å². The van der Waals surface area contributed by atoms with E-state index in [4.69, 9.17) is 4.98 Å². The summed E-state index contributed by atoms with van der Waals surface area (Å²) in [4.78, 5) is 20.5. The number of hydrogen-bond acceptors (Lipinski definition) is 4. The van der Waals surface area contributed by atoms with Crippen molar-refractivity contribution >= 4 is 28.2 Å². The van der Waals surface area contributed by atoms with Gasteiger partial charge in [0.15, 0.2) is 0 Å². The molecule has 6 nitrogen and oxygen atoms in total. The molecule has 164 valence electrons. The Morgan fingerprint density at radius 3 is 2.34 bits per heavy atom. The molecule has 0 spiro atoms. The molecular weight excluding hydrogens is 398 g/mol. The Morgan fingerprint density at radius 1 is 1.03 bits per heavy atom. The largest absolute Gasteiger partial charge is 0.372 e. The molecule has 0 unspecified atom stereocenters. The number of benzene rings is 2. The second-order valence-corrected chi connectivity index (χ2v) is 7.91. The second kappa shape index (κ2) is 8.83. The number of nitrogens with one attached hydrogen (secondary N) is 1. The van der Waals surface area contributed by atoms with E-state index in [0.29, 0.717) is 5.56 Å². The summed E-state index contributed by atoms with van der Waals surface area (Å²) >= 11 is 0. The van der Waals surface area contributed by atoms with Gasteiger partial charge in [-0.25, -0.2) is 4.98 Å². The number of amides is 1. The molecule has 1 N–H and O–H groups in total. The predicted molar refractivity (Wildman–Crippen MR) is 131 cm³/mol. The number of anilines is 2. The van der Waals surface area contributed by atoms with E-state index >= 15 is 0 Å². The molecule has 4 rings (SSSR count). The summed E-state index contributed by atoms with van der Waals surface area (Å²) in [5.41, 5.74) is 6.93. The quantitative estimate of drug-likeness (QED) is 0.450.